The number of nitrogens with zero attached hydrogens (tertiary/aromatic N) is 1. The molecule has 1 aliphatic heterocycles. The summed E-state index contributed by atoms with van der Waals surface area (Å²) in [6.45, 7) is 6.71. The Morgan fingerprint density at radius 3 is 2.55 bits per heavy atom. The van der Waals surface area contributed by atoms with Crippen molar-refractivity contribution in [1.29, 1.82) is 0 Å². The van der Waals surface area contributed by atoms with Crippen LogP contribution in [0.1, 0.15) is 49.7 Å². The number of anilines is 1. The van der Waals surface area contributed by atoms with E-state index in [-0.39, 0.29) is 23.0 Å². The highest BCUT2D eigenvalue weighted by Gasteiger charge is 2.51. The van der Waals surface area contributed by atoms with E-state index in [4.69, 9.17) is 9.47 Å². The molecule has 1 fully saturated rings. The first-order valence-electron chi connectivity index (χ1n) is 9.72. The van der Waals surface area contributed by atoms with E-state index in [1.165, 1.54) is 32.2 Å². The predicted octanol–water partition coefficient (Wildman–Crippen LogP) is 3.35. The van der Waals surface area contributed by atoms with E-state index < -0.39 is 40.9 Å². The first-order chi connectivity index (χ1) is 14.5. The largest absolute Gasteiger partial charge is 0.618 e. The van der Waals surface area contributed by atoms with Crippen molar-refractivity contribution >= 4 is 17.4 Å². The maximum atomic E-state index is 14.4. The Kier molecular flexibility index (Phi) is 6.00. The number of pyridine rings is 1. The molecule has 1 aliphatic rings. The summed E-state index contributed by atoms with van der Waals surface area (Å²) in [4.78, 5) is 24.8. The average Bonchev–Trinajstić information content (AvgIpc) is 2.94. The van der Waals surface area contributed by atoms with Gasteiger partial charge in [0.2, 0.25) is 11.6 Å². The lowest BCUT2D eigenvalue weighted by molar-refractivity contribution is -0.607. The molecule has 0 bridgehead atoms. The van der Waals surface area contributed by atoms with E-state index in [1.807, 2.05) is 6.92 Å². The Morgan fingerprint density at radius 2 is 1.94 bits per heavy atom. The molecule has 1 N–H and O–H groups in total. The van der Waals surface area contributed by atoms with Crippen LogP contribution in [0.3, 0.4) is 0 Å². The fourth-order valence-electron chi connectivity index (χ4n) is 3.90. The Balaban J connectivity index is 1.99. The second-order valence-electron chi connectivity index (χ2n) is 8.11. The molecule has 9 heteroatoms. The highest BCUT2D eigenvalue weighted by molar-refractivity contribution is 5.97. The third kappa shape index (κ3) is 4.10. The van der Waals surface area contributed by atoms with Gasteiger partial charge in [0.1, 0.15) is 6.10 Å². The number of ether oxygens (including phenoxy) is 2. The molecular formula is C22H24F2N2O5. The van der Waals surface area contributed by atoms with Crippen LogP contribution in [0.2, 0.25) is 0 Å². The second-order valence-corrected chi connectivity index (χ2v) is 8.11. The lowest BCUT2D eigenvalue weighted by Crippen LogP contribution is -2.35. The molecule has 1 saturated heterocycles. The van der Waals surface area contributed by atoms with Crippen molar-refractivity contribution in [3.63, 3.8) is 0 Å². The molecule has 3 atom stereocenters. The first-order valence-corrected chi connectivity index (χ1v) is 9.72. The van der Waals surface area contributed by atoms with Gasteiger partial charge in [0.05, 0.1) is 18.4 Å². The van der Waals surface area contributed by atoms with Gasteiger partial charge in [-0.05, 0) is 25.8 Å². The summed E-state index contributed by atoms with van der Waals surface area (Å²) in [5, 5.41) is 14.4. The van der Waals surface area contributed by atoms with E-state index in [2.05, 4.69) is 5.32 Å². The Labute approximate surface area is 178 Å². The number of nitrogens with one attached hydrogen (secondary N) is 1. The molecule has 1 aromatic carbocycles. The summed E-state index contributed by atoms with van der Waals surface area (Å²) in [7, 11) is 1.23. The first kappa shape index (κ1) is 22.6. The van der Waals surface area contributed by atoms with E-state index in [0.717, 1.165) is 12.3 Å². The van der Waals surface area contributed by atoms with Gasteiger partial charge in [-0.15, -0.1) is 0 Å². The maximum absolute atomic E-state index is 14.4. The molecule has 31 heavy (non-hydrogen) atoms. The minimum absolute atomic E-state index is 0.127. The normalized spacial score (nSPS) is 22.2. The zero-order valence-electron chi connectivity index (χ0n) is 17.9. The number of benzene rings is 1. The van der Waals surface area contributed by atoms with Crippen LogP contribution in [0, 0.1) is 22.8 Å². The van der Waals surface area contributed by atoms with Crippen LogP contribution in [-0.4, -0.2) is 30.5 Å². The van der Waals surface area contributed by atoms with E-state index in [0.29, 0.717) is 10.3 Å². The van der Waals surface area contributed by atoms with Crippen molar-refractivity contribution in [2.75, 3.05) is 12.4 Å². The summed E-state index contributed by atoms with van der Waals surface area (Å²) in [5.41, 5.74) is -0.326. The molecule has 0 unspecified atom stereocenters. The van der Waals surface area contributed by atoms with Gasteiger partial charge in [0.15, 0.2) is 17.8 Å². The smallest absolute Gasteiger partial charge is 0.261 e. The molecule has 1 amide bonds. The molecule has 2 aromatic rings. The maximum Gasteiger partial charge on any atom is 0.261 e. The number of aromatic nitrogens is 1. The van der Waals surface area contributed by atoms with E-state index >= 15 is 0 Å². The molecule has 1 aromatic heterocycles. The topological polar surface area (TPSA) is 91.6 Å². The van der Waals surface area contributed by atoms with Crippen LogP contribution in [-0.2, 0) is 9.53 Å². The van der Waals surface area contributed by atoms with Gasteiger partial charge in [-0.1, -0.05) is 13.0 Å². The number of hydrogen-bond donors (Lipinski definition) is 1. The molecule has 166 valence electrons. The van der Waals surface area contributed by atoms with Gasteiger partial charge in [-0.3, -0.25) is 9.59 Å². The van der Waals surface area contributed by atoms with Gasteiger partial charge >= 0.3 is 0 Å². The van der Waals surface area contributed by atoms with Gasteiger partial charge in [0.25, 0.3) is 11.6 Å². The molecule has 2 heterocycles. The fourth-order valence-corrected chi connectivity index (χ4v) is 3.90. The molecule has 0 aliphatic carbocycles. The van der Waals surface area contributed by atoms with Crippen LogP contribution < -0.4 is 14.8 Å². The van der Waals surface area contributed by atoms with Gasteiger partial charge in [-0.25, -0.2) is 4.39 Å². The lowest BCUT2D eigenvalue weighted by atomic mass is 9.78. The van der Waals surface area contributed by atoms with Crippen LogP contribution in [0.5, 0.6) is 5.75 Å². The zero-order chi connectivity index (χ0) is 23.1. The van der Waals surface area contributed by atoms with Gasteiger partial charge in [0, 0.05) is 30.5 Å². The number of Topliss-reactive ketones (excluding diaryl/α,β-unsaturated/α-hetero) is 1. The predicted molar refractivity (Wildman–Crippen MR) is 108 cm³/mol. The number of halogens is 2. The Morgan fingerprint density at radius 1 is 1.26 bits per heavy atom. The summed E-state index contributed by atoms with van der Waals surface area (Å²) in [5.74, 6) is -4.36. The summed E-state index contributed by atoms with van der Waals surface area (Å²) >= 11 is 0. The van der Waals surface area contributed by atoms with Crippen LogP contribution in [0.25, 0.3) is 0 Å². The van der Waals surface area contributed by atoms with Gasteiger partial charge < -0.3 is 20.0 Å². The number of rotatable bonds is 5. The molecule has 3 rings (SSSR count). The quantitative estimate of drug-likeness (QED) is 0.443. The highest BCUT2D eigenvalue weighted by atomic mass is 19.2. The van der Waals surface area contributed by atoms with E-state index in [1.54, 1.807) is 13.8 Å². The molecule has 0 spiro atoms. The Bertz CT molecular complexity index is 1040. The third-order valence-electron chi connectivity index (χ3n) is 5.84. The number of hydrogen-bond acceptors (Lipinski definition) is 5. The van der Waals surface area contributed by atoms with Crippen molar-refractivity contribution in [3.05, 3.63) is 58.6 Å². The molecule has 7 nitrogen and oxygen atoms in total. The summed E-state index contributed by atoms with van der Waals surface area (Å²) in [6.07, 6.45) is 0.0636. The average molecular weight is 434 g/mol. The van der Waals surface area contributed by atoms with Crippen LogP contribution >= 0.6 is 0 Å². The van der Waals surface area contributed by atoms with Crippen molar-refractivity contribution in [3.8, 4) is 5.75 Å². The van der Waals surface area contributed by atoms with Crippen molar-refractivity contribution in [2.24, 2.45) is 5.92 Å². The SMILES string of the molecule is COc1c([C@H]2[C@H](C(=O)Nc3cc[n+]([O-])c(C(C)=O)c3)OC(C)(C)[C@H]2C)ccc(F)c1F. The third-order valence-corrected chi connectivity index (χ3v) is 5.84. The van der Waals surface area contributed by atoms with Crippen LogP contribution in [0.4, 0.5) is 14.5 Å². The summed E-state index contributed by atoms with van der Waals surface area (Å²) < 4.78 is 39.6. The van der Waals surface area contributed by atoms with Crippen molar-refractivity contribution in [1.82, 2.24) is 0 Å². The second kappa shape index (κ2) is 8.22. The molecular weight excluding hydrogens is 410 g/mol. The van der Waals surface area contributed by atoms with Crippen molar-refractivity contribution < 1.29 is 32.6 Å². The minimum atomic E-state index is -1.13. The lowest BCUT2D eigenvalue weighted by Gasteiger charge is -2.25. The monoisotopic (exact) mass is 434 g/mol. The minimum Gasteiger partial charge on any atom is -0.618 e. The summed E-state index contributed by atoms with van der Waals surface area (Å²) in [6, 6.07) is 5.00. The fraction of sp³-hybridized carbons (Fsp3) is 0.409. The number of amides is 1. The standard InChI is InChI=1S/C22H24F2N2O5/c1-11-17(14-6-7-15(23)18(24)19(14)30-5)20(31-22(11,3)4)21(28)25-13-8-9-26(29)16(10-13)12(2)27/h6-11,17,20H,1-5H3,(H,25,28)/t11-,17-,20+/m0/s1. The van der Waals surface area contributed by atoms with Crippen LogP contribution in [0.15, 0.2) is 30.5 Å². The van der Waals surface area contributed by atoms with E-state index in [9.17, 15) is 23.6 Å². The number of carbonyl (C=O) groups excluding carboxylic acids is 2. The zero-order valence-corrected chi connectivity index (χ0v) is 17.9. The number of carbonyl (C=O) groups is 2. The number of ketones is 1. The Hall–Kier alpha value is -3.07. The van der Waals surface area contributed by atoms with Crippen molar-refractivity contribution in [2.45, 2.75) is 45.3 Å². The molecule has 0 radical (unpaired) electrons. The number of methoxy groups -OCH3 is 1. The molecule has 0 saturated carbocycles. The van der Waals surface area contributed by atoms with Gasteiger partial charge in [-0.2, -0.15) is 9.12 Å². The highest BCUT2D eigenvalue weighted by Crippen LogP contribution is 2.49.